The first kappa shape index (κ1) is 13.8. The molecule has 0 saturated carbocycles. The van der Waals surface area contributed by atoms with Gasteiger partial charge in [-0.05, 0) is 19.1 Å². The number of nitrogens with zero attached hydrogens (tertiary/aromatic N) is 2. The van der Waals surface area contributed by atoms with E-state index in [4.69, 9.17) is 4.74 Å². The molecular formula is C13H20N4O2. The molecule has 2 rings (SSSR count). The number of amides is 2. The van der Waals surface area contributed by atoms with Crippen molar-refractivity contribution in [2.24, 2.45) is 0 Å². The average Bonchev–Trinajstić information content (AvgIpc) is 2.47. The summed E-state index contributed by atoms with van der Waals surface area (Å²) >= 11 is 0. The zero-order valence-electron chi connectivity index (χ0n) is 11.1. The van der Waals surface area contributed by atoms with E-state index in [1.807, 2.05) is 0 Å². The van der Waals surface area contributed by atoms with Gasteiger partial charge in [-0.25, -0.2) is 4.79 Å². The van der Waals surface area contributed by atoms with E-state index in [2.05, 4.69) is 27.4 Å². The lowest BCUT2D eigenvalue weighted by Crippen LogP contribution is -2.47. The number of pyridine rings is 1. The second-order valence-corrected chi connectivity index (χ2v) is 4.57. The molecule has 6 heteroatoms. The van der Waals surface area contributed by atoms with Crippen molar-refractivity contribution < 1.29 is 9.53 Å². The topological polar surface area (TPSA) is 66.5 Å². The molecule has 104 valence electrons. The molecule has 0 aliphatic carbocycles. The van der Waals surface area contributed by atoms with Gasteiger partial charge >= 0.3 is 6.03 Å². The highest BCUT2D eigenvalue weighted by Crippen LogP contribution is 2.04. The Morgan fingerprint density at radius 1 is 1.53 bits per heavy atom. The Morgan fingerprint density at radius 3 is 3.00 bits per heavy atom. The lowest BCUT2D eigenvalue weighted by atomic mass is 10.2. The van der Waals surface area contributed by atoms with E-state index in [-0.39, 0.29) is 6.03 Å². The molecule has 1 aliphatic heterocycles. The van der Waals surface area contributed by atoms with E-state index in [9.17, 15) is 4.79 Å². The molecule has 0 bridgehead atoms. The summed E-state index contributed by atoms with van der Waals surface area (Å²) in [6.07, 6.45) is 3.29. The fourth-order valence-corrected chi connectivity index (χ4v) is 2.00. The van der Waals surface area contributed by atoms with E-state index in [1.165, 1.54) is 0 Å². The fourth-order valence-electron chi connectivity index (χ4n) is 2.00. The third-order valence-corrected chi connectivity index (χ3v) is 3.15. The maximum atomic E-state index is 11.7. The number of anilines is 1. The van der Waals surface area contributed by atoms with E-state index < -0.39 is 0 Å². The number of rotatable bonds is 4. The highest BCUT2D eigenvalue weighted by atomic mass is 16.5. The molecule has 6 nitrogen and oxygen atoms in total. The quantitative estimate of drug-likeness (QED) is 0.849. The van der Waals surface area contributed by atoms with Gasteiger partial charge in [-0.2, -0.15) is 0 Å². The normalized spacial score (nSPS) is 17.7. The van der Waals surface area contributed by atoms with Gasteiger partial charge < -0.3 is 15.4 Å². The number of aromatic nitrogens is 1. The molecule has 0 radical (unpaired) electrons. The lowest BCUT2D eigenvalue weighted by molar-refractivity contribution is 0.0209. The summed E-state index contributed by atoms with van der Waals surface area (Å²) in [7, 11) is 0. The number of hydrogen-bond donors (Lipinski definition) is 2. The van der Waals surface area contributed by atoms with E-state index in [1.54, 1.807) is 24.5 Å². The number of hydrogen-bond acceptors (Lipinski definition) is 4. The van der Waals surface area contributed by atoms with Crippen molar-refractivity contribution in [1.82, 2.24) is 15.2 Å². The molecule has 1 saturated heterocycles. The van der Waals surface area contributed by atoms with Crippen LogP contribution < -0.4 is 10.6 Å². The monoisotopic (exact) mass is 264 g/mol. The molecule has 0 aromatic carbocycles. The maximum Gasteiger partial charge on any atom is 0.319 e. The molecule has 2 amide bonds. The standard InChI is InChI=1S/C13H20N4O2/c1-11(17-5-7-19-8-6-17)9-15-13(18)16-12-3-2-4-14-10-12/h2-4,10-11H,5-9H2,1H3,(H2,15,16,18). The van der Waals surface area contributed by atoms with Crippen molar-refractivity contribution in [3.8, 4) is 0 Å². The summed E-state index contributed by atoms with van der Waals surface area (Å²) < 4.78 is 5.31. The molecule has 1 aliphatic rings. The van der Waals surface area contributed by atoms with E-state index >= 15 is 0 Å². The Labute approximate surface area is 113 Å². The van der Waals surface area contributed by atoms with Crippen LogP contribution in [0, 0.1) is 0 Å². The van der Waals surface area contributed by atoms with Crippen LogP contribution in [0.1, 0.15) is 6.92 Å². The van der Waals surface area contributed by atoms with E-state index in [0.29, 0.717) is 18.3 Å². The van der Waals surface area contributed by atoms with Crippen LogP contribution in [0.4, 0.5) is 10.5 Å². The highest BCUT2D eigenvalue weighted by Gasteiger charge is 2.17. The van der Waals surface area contributed by atoms with Gasteiger partial charge in [-0.15, -0.1) is 0 Å². The van der Waals surface area contributed by atoms with Crippen molar-refractivity contribution in [3.05, 3.63) is 24.5 Å². The van der Waals surface area contributed by atoms with Crippen molar-refractivity contribution in [2.45, 2.75) is 13.0 Å². The van der Waals surface area contributed by atoms with Crippen LogP contribution in [-0.4, -0.2) is 54.8 Å². The zero-order valence-corrected chi connectivity index (χ0v) is 11.1. The molecule has 1 fully saturated rings. The van der Waals surface area contributed by atoms with Gasteiger partial charge in [0.25, 0.3) is 0 Å². The Morgan fingerprint density at radius 2 is 2.32 bits per heavy atom. The van der Waals surface area contributed by atoms with Gasteiger partial charge in [0.2, 0.25) is 0 Å². The minimum absolute atomic E-state index is 0.201. The molecule has 2 N–H and O–H groups in total. The first-order valence-electron chi connectivity index (χ1n) is 6.52. The van der Waals surface area contributed by atoms with Gasteiger partial charge in [0.15, 0.2) is 0 Å². The smallest absolute Gasteiger partial charge is 0.319 e. The SMILES string of the molecule is CC(CNC(=O)Nc1cccnc1)N1CCOCC1. The maximum absolute atomic E-state index is 11.7. The minimum Gasteiger partial charge on any atom is -0.379 e. The minimum atomic E-state index is -0.201. The summed E-state index contributed by atoms with van der Waals surface area (Å²) in [6.45, 7) is 6.11. The Balaban J connectivity index is 1.71. The number of urea groups is 1. The molecule has 1 atom stereocenters. The van der Waals surface area contributed by atoms with Crippen LogP contribution in [0.3, 0.4) is 0 Å². The summed E-state index contributed by atoms with van der Waals surface area (Å²) in [5.74, 6) is 0. The number of carbonyl (C=O) groups excluding carboxylic acids is 1. The second kappa shape index (κ2) is 7.06. The molecule has 2 heterocycles. The predicted molar refractivity (Wildman–Crippen MR) is 73.1 cm³/mol. The van der Waals surface area contributed by atoms with Crippen LogP contribution in [0.2, 0.25) is 0 Å². The number of morpholine rings is 1. The van der Waals surface area contributed by atoms with Gasteiger partial charge in [0.05, 0.1) is 25.1 Å². The molecule has 1 aromatic rings. The van der Waals surface area contributed by atoms with Crippen LogP contribution in [0.25, 0.3) is 0 Å². The fraction of sp³-hybridized carbons (Fsp3) is 0.538. The van der Waals surface area contributed by atoms with E-state index in [0.717, 1.165) is 26.3 Å². The van der Waals surface area contributed by atoms with Crippen LogP contribution in [-0.2, 0) is 4.74 Å². The van der Waals surface area contributed by atoms with Gasteiger partial charge in [-0.1, -0.05) is 0 Å². The Hall–Kier alpha value is -1.66. The first-order chi connectivity index (χ1) is 9.25. The van der Waals surface area contributed by atoms with Crippen LogP contribution in [0.5, 0.6) is 0 Å². The summed E-state index contributed by atoms with van der Waals surface area (Å²) in [5, 5.41) is 5.61. The lowest BCUT2D eigenvalue weighted by Gasteiger charge is -2.32. The highest BCUT2D eigenvalue weighted by molar-refractivity contribution is 5.88. The summed E-state index contributed by atoms with van der Waals surface area (Å²) in [4.78, 5) is 18.0. The zero-order chi connectivity index (χ0) is 13.5. The molecule has 1 unspecified atom stereocenters. The molecule has 1 aromatic heterocycles. The average molecular weight is 264 g/mol. The van der Waals surface area contributed by atoms with Crippen molar-refractivity contribution in [3.63, 3.8) is 0 Å². The third kappa shape index (κ3) is 4.50. The molecule has 0 spiro atoms. The van der Waals surface area contributed by atoms with Gasteiger partial charge in [0, 0.05) is 31.9 Å². The molecular weight excluding hydrogens is 244 g/mol. The Kier molecular flexibility index (Phi) is 5.11. The number of nitrogens with one attached hydrogen (secondary N) is 2. The van der Waals surface area contributed by atoms with Crippen LogP contribution >= 0.6 is 0 Å². The third-order valence-electron chi connectivity index (χ3n) is 3.15. The largest absolute Gasteiger partial charge is 0.379 e. The number of ether oxygens (including phenoxy) is 1. The van der Waals surface area contributed by atoms with Gasteiger partial charge in [0.1, 0.15) is 0 Å². The first-order valence-corrected chi connectivity index (χ1v) is 6.52. The van der Waals surface area contributed by atoms with Crippen molar-refractivity contribution in [1.29, 1.82) is 0 Å². The Bertz CT molecular complexity index is 393. The summed E-state index contributed by atoms with van der Waals surface area (Å²) in [5.41, 5.74) is 0.694. The predicted octanol–water partition coefficient (Wildman–Crippen LogP) is 0.924. The van der Waals surface area contributed by atoms with Gasteiger partial charge in [-0.3, -0.25) is 9.88 Å². The summed E-state index contributed by atoms with van der Waals surface area (Å²) in [6, 6.07) is 3.70. The van der Waals surface area contributed by atoms with Crippen LogP contribution in [0.15, 0.2) is 24.5 Å². The van der Waals surface area contributed by atoms with Crippen molar-refractivity contribution in [2.75, 3.05) is 38.2 Å². The van der Waals surface area contributed by atoms with Crippen molar-refractivity contribution >= 4 is 11.7 Å². The number of carbonyl (C=O) groups is 1. The molecule has 19 heavy (non-hydrogen) atoms. The second-order valence-electron chi connectivity index (χ2n) is 4.57.